The Labute approximate surface area is 157 Å². The summed E-state index contributed by atoms with van der Waals surface area (Å²) in [6.45, 7) is 5.24. The molecule has 0 aliphatic carbocycles. The topological polar surface area (TPSA) is 101 Å². The maximum absolute atomic E-state index is 12.4. The molecule has 0 bridgehead atoms. The number of nitrogens with one attached hydrogen (secondary N) is 1. The van der Waals surface area contributed by atoms with Gasteiger partial charge in [0.2, 0.25) is 0 Å². The van der Waals surface area contributed by atoms with Gasteiger partial charge < -0.3 is 15.2 Å². The van der Waals surface area contributed by atoms with Crippen molar-refractivity contribution < 1.29 is 32.6 Å². The van der Waals surface area contributed by atoms with Gasteiger partial charge in [-0.1, -0.05) is 13.8 Å². The number of carboxylic acid groups (broad SMARTS) is 1. The standard InChI is InChI=1S/C18H16F3N3O4/c1-8(2)17(3)16(27)23-14(24-17)13-11(15(25)26)7-9-6-10(28-18(19,20)21)4-5-12(9)22-13/h4-8H,1-3H3,(H,25,26)(H,23,24,27). The zero-order valence-corrected chi connectivity index (χ0v) is 15.1. The van der Waals surface area contributed by atoms with E-state index in [2.05, 4.69) is 20.0 Å². The summed E-state index contributed by atoms with van der Waals surface area (Å²) in [5.74, 6) is -2.38. The zero-order chi connectivity index (χ0) is 20.9. The molecule has 1 aliphatic heterocycles. The van der Waals surface area contributed by atoms with E-state index in [0.717, 1.165) is 12.1 Å². The Morgan fingerprint density at radius 3 is 2.50 bits per heavy atom. The molecule has 1 unspecified atom stereocenters. The quantitative estimate of drug-likeness (QED) is 0.828. The lowest BCUT2D eigenvalue weighted by Gasteiger charge is -2.21. The highest BCUT2D eigenvalue weighted by atomic mass is 19.4. The van der Waals surface area contributed by atoms with Crippen LogP contribution >= 0.6 is 0 Å². The van der Waals surface area contributed by atoms with Gasteiger partial charge in [-0.15, -0.1) is 13.2 Å². The lowest BCUT2D eigenvalue weighted by atomic mass is 9.89. The van der Waals surface area contributed by atoms with Crippen molar-refractivity contribution >= 4 is 28.6 Å². The predicted octanol–water partition coefficient (Wildman–Crippen LogP) is 3.12. The number of aromatic nitrogens is 1. The van der Waals surface area contributed by atoms with Crippen LogP contribution in [0.2, 0.25) is 0 Å². The minimum atomic E-state index is -4.87. The van der Waals surface area contributed by atoms with Crippen molar-refractivity contribution in [2.45, 2.75) is 32.7 Å². The van der Waals surface area contributed by atoms with Gasteiger partial charge in [0.1, 0.15) is 17.0 Å². The van der Waals surface area contributed by atoms with Crippen molar-refractivity contribution in [3.05, 3.63) is 35.5 Å². The number of nitrogens with zero attached hydrogens (tertiary/aromatic N) is 2. The summed E-state index contributed by atoms with van der Waals surface area (Å²) >= 11 is 0. The molecule has 0 spiro atoms. The van der Waals surface area contributed by atoms with Crippen molar-refractivity contribution in [1.29, 1.82) is 0 Å². The van der Waals surface area contributed by atoms with Crippen LogP contribution in [0.15, 0.2) is 29.3 Å². The molecule has 148 valence electrons. The van der Waals surface area contributed by atoms with Gasteiger partial charge >= 0.3 is 12.3 Å². The van der Waals surface area contributed by atoms with Crippen LogP contribution in [0.5, 0.6) is 5.75 Å². The second-order valence-electron chi connectivity index (χ2n) is 6.81. The molecule has 0 fully saturated rings. The van der Waals surface area contributed by atoms with Gasteiger partial charge in [-0.05, 0) is 37.1 Å². The molecule has 7 nitrogen and oxygen atoms in total. The molecule has 2 aromatic rings. The van der Waals surface area contributed by atoms with Crippen molar-refractivity contribution in [3.8, 4) is 5.75 Å². The van der Waals surface area contributed by atoms with Crippen molar-refractivity contribution in [2.75, 3.05) is 0 Å². The molecule has 1 aromatic carbocycles. The Kier molecular flexibility index (Phi) is 4.52. The molecular weight excluding hydrogens is 379 g/mol. The lowest BCUT2D eigenvalue weighted by Crippen LogP contribution is -2.41. The van der Waals surface area contributed by atoms with Crippen LogP contribution in [0.4, 0.5) is 13.2 Å². The highest BCUT2D eigenvalue weighted by Gasteiger charge is 2.43. The number of ether oxygens (including phenoxy) is 1. The summed E-state index contributed by atoms with van der Waals surface area (Å²) in [5.41, 5.74) is -1.22. The van der Waals surface area contributed by atoms with Gasteiger partial charge in [0, 0.05) is 5.39 Å². The van der Waals surface area contributed by atoms with Gasteiger partial charge in [0.25, 0.3) is 5.91 Å². The molecule has 0 saturated heterocycles. The van der Waals surface area contributed by atoms with E-state index in [1.807, 2.05) is 0 Å². The largest absolute Gasteiger partial charge is 0.573 e. The van der Waals surface area contributed by atoms with Crippen LogP contribution in [-0.2, 0) is 4.79 Å². The van der Waals surface area contributed by atoms with Crippen LogP contribution in [0.25, 0.3) is 10.9 Å². The average Bonchev–Trinajstić information content (AvgIpc) is 2.88. The summed E-state index contributed by atoms with van der Waals surface area (Å²) < 4.78 is 41.1. The van der Waals surface area contributed by atoms with Gasteiger partial charge in [0.05, 0.1) is 11.1 Å². The lowest BCUT2D eigenvalue weighted by molar-refractivity contribution is -0.274. The number of halogens is 3. The number of hydrogen-bond donors (Lipinski definition) is 2. The highest BCUT2D eigenvalue weighted by Crippen LogP contribution is 2.30. The normalized spacial score (nSPS) is 19.7. The number of amides is 1. The number of aromatic carboxylic acids is 1. The number of benzene rings is 1. The maximum Gasteiger partial charge on any atom is 0.573 e. The van der Waals surface area contributed by atoms with Crippen molar-refractivity contribution in [3.63, 3.8) is 0 Å². The van der Waals surface area contributed by atoms with E-state index in [-0.39, 0.29) is 39.8 Å². The van der Waals surface area contributed by atoms with E-state index in [9.17, 15) is 27.9 Å². The van der Waals surface area contributed by atoms with Gasteiger partial charge in [-0.25, -0.2) is 14.8 Å². The van der Waals surface area contributed by atoms with Gasteiger partial charge in [0.15, 0.2) is 5.84 Å². The Morgan fingerprint density at radius 2 is 1.96 bits per heavy atom. The number of alkyl halides is 3. The Bertz CT molecular complexity index is 1020. The molecule has 0 radical (unpaired) electrons. The molecule has 10 heteroatoms. The van der Waals surface area contributed by atoms with E-state index >= 15 is 0 Å². The third kappa shape index (κ3) is 3.49. The van der Waals surface area contributed by atoms with Crippen molar-refractivity contribution in [2.24, 2.45) is 10.9 Å². The molecule has 28 heavy (non-hydrogen) atoms. The average molecular weight is 395 g/mol. The van der Waals surface area contributed by atoms with E-state index < -0.39 is 23.6 Å². The first-order valence-electron chi connectivity index (χ1n) is 8.26. The highest BCUT2D eigenvalue weighted by molar-refractivity contribution is 6.18. The van der Waals surface area contributed by atoms with E-state index in [4.69, 9.17) is 0 Å². The molecule has 2 heterocycles. The number of rotatable bonds is 4. The Balaban J connectivity index is 2.14. The number of amidine groups is 1. The number of fused-ring (bicyclic) bond motifs is 1. The minimum absolute atomic E-state index is 0.0103. The number of carboxylic acids is 1. The third-order valence-corrected chi connectivity index (χ3v) is 4.63. The SMILES string of the molecule is CC(C)C1(C)N=C(c2nc3ccc(OC(F)(F)F)cc3cc2C(=O)O)NC1=O. The molecule has 1 aromatic heterocycles. The number of hydrogen-bond acceptors (Lipinski definition) is 5. The second kappa shape index (κ2) is 6.47. The fraction of sp³-hybridized carbons (Fsp3) is 0.333. The van der Waals surface area contributed by atoms with Crippen LogP contribution < -0.4 is 10.1 Å². The summed E-state index contributed by atoms with van der Waals surface area (Å²) in [6, 6.07) is 4.55. The second-order valence-corrected chi connectivity index (χ2v) is 6.81. The summed E-state index contributed by atoms with van der Waals surface area (Å²) in [4.78, 5) is 32.6. The monoisotopic (exact) mass is 395 g/mol. The third-order valence-electron chi connectivity index (χ3n) is 4.63. The van der Waals surface area contributed by atoms with Gasteiger partial charge in [-0.2, -0.15) is 0 Å². The first-order valence-corrected chi connectivity index (χ1v) is 8.26. The van der Waals surface area contributed by atoms with E-state index in [1.54, 1.807) is 20.8 Å². The molecule has 3 rings (SSSR count). The zero-order valence-electron chi connectivity index (χ0n) is 15.1. The van der Waals surface area contributed by atoms with E-state index in [0.29, 0.717) is 0 Å². The summed E-state index contributed by atoms with van der Waals surface area (Å²) in [6.07, 6.45) is -4.87. The minimum Gasteiger partial charge on any atom is -0.478 e. The fourth-order valence-corrected chi connectivity index (χ4v) is 2.74. The smallest absolute Gasteiger partial charge is 0.478 e. The fourth-order valence-electron chi connectivity index (χ4n) is 2.74. The molecule has 1 atom stereocenters. The van der Waals surface area contributed by atoms with Crippen LogP contribution in [-0.4, -0.2) is 39.7 Å². The van der Waals surface area contributed by atoms with Crippen LogP contribution in [0.1, 0.15) is 36.8 Å². The molecule has 1 amide bonds. The Hall–Kier alpha value is -3.17. The van der Waals surface area contributed by atoms with Crippen molar-refractivity contribution in [1.82, 2.24) is 10.3 Å². The maximum atomic E-state index is 12.4. The molecular formula is C18H16F3N3O4. The predicted molar refractivity (Wildman–Crippen MR) is 93.3 cm³/mol. The van der Waals surface area contributed by atoms with Gasteiger partial charge in [-0.3, -0.25) is 4.79 Å². The number of pyridine rings is 1. The summed E-state index contributed by atoms with van der Waals surface area (Å²) in [5, 5.41) is 12.2. The Morgan fingerprint density at radius 1 is 1.29 bits per heavy atom. The van der Waals surface area contributed by atoms with Crippen LogP contribution in [0, 0.1) is 5.92 Å². The summed E-state index contributed by atoms with van der Waals surface area (Å²) in [7, 11) is 0. The number of carbonyl (C=O) groups is 2. The first-order chi connectivity index (χ1) is 12.9. The number of aliphatic imine (C=N–C) groups is 1. The van der Waals surface area contributed by atoms with E-state index in [1.165, 1.54) is 12.1 Å². The number of carbonyl (C=O) groups excluding carboxylic acids is 1. The van der Waals surface area contributed by atoms with Crippen LogP contribution in [0.3, 0.4) is 0 Å². The first kappa shape index (κ1) is 19.6. The molecule has 1 aliphatic rings. The molecule has 2 N–H and O–H groups in total. The molecule has 0 saturated carbocycles.